The summed E-state index contributed by atoms with van der Waals surface area (Å²) in [6.07, 6.45) is 6.88. The summed E-state index contributed by atoms with van der Waals surface area (Å²) in [5.41, 5.74) is 1.92. The van der Waals surface area contributed by atoms with E-state index in [0.29, 0.717) is 25.0 Å². The molecule has 4 heteroatoms. The van der Waals surface area contributed by atoms with Gasteiger partial charge in [-0.05, 0) is 23.3 Å². The van der Waals surface area contributed by atoms with Crippen LogP contribution in [0.15, 0.2) is 49.8 Å². The zero-order valence-corrected chi connectivity index (χ0v) is 11.2. The molecule has 20 heavy (non-hydrogen) atoms. The van der Waals surface area contributed by atoms with Crippen molar-refractivity contribution in [2.24, 2.45) is 0 Å². The Bertz CT molecular complexity index is 509. The summed E-state index contributed by atoms with van der Waals surface area (Å²) in [4.78, 5) is 8.28. The number of hydrogen-bond acceptors (Lipinski definition) is 4. The normalized spacial score (nSPS) is 9.80. The maximum atomic E-state index is 5.46. The molecule has 0 amide bonds. The molecule has 0 N–H and O–H groups in total. The standard InChI is InChI=1S/C16H16N2O2/c1-3-13-5-7-15(17-11-13)19-9-10-20-16-8-6-14(4-2)12-18-16/h3-8,11-12H,1-2,9-10H2. The zero-order valence-electron chi connectivity index (χ0n) is 11.2. The average molecular weight is 268 g/mol. The minimum absolute atomic E-state index is 0.408. The van der Waals surface area contributed by atoms with Gasteiger partial charge in [0.2, 0.25) is 11.8 Å². The third-order valence-electron chi connectivity index (χ3n) is 2.57. The van der Waals surface area contributed by atoms with E-state index in [4.69, 9.17) is 9.47 Å². The molecule has 0 spiro atoms. The summed E-state index contributed by atoms with van der Waals surface area (Å²) in [5, 5.41) is 0. The zero-order chi connectivity index (χ0) is 14.2. The molecule has 0 bridgehead atoms. The Morgan fingerprint density at radius 3 is 1.55 bits per heavy atom. The van der Waals surface area contributed by atoms with Crippen LogP contribution in [0.25, 0.3) is 12.2 Å². The fourth-order valence-electron chi connectivity index (χ4n) is 1.49. The molecular formula is C16H16N2O2. The van der Waals surface area contributed by atoms with Crippen LogP contribution in [0.5, 0.6) is 11.8 Å². The first-order valence-electron chi connectivity index (χ1n) is 6.24. The Kier molecular flexibility index (Phi) is 4.89. The fourth-order valence-corrected chi connectivity index (χ4v) is 1.49. The third-order valence-corrected chi connectivity index (χ3v) is 2.57. The monoisotopic (exact) mass is 268 g/mol. The predicted molar refractivity (Wildman–Crippen MR) is 79.6 cm³/mol. The molecule has 0 saturated carbocycles. The molecule has 0 fully saturated rings. The second-order valence-corrected chi connectivity index (χ2v) is 3.96. The number of ether oxygens (including phenoxy) is 2. The van der Waals surface area contributed by atoms with Gasteiger partial charge in [-0.1, -0.05) is 25.3 Å². The van der Waals surface area contributed by atoms with Gasteiger partial charge in [0.05, 0.1) is 0 Å². The molecule has 0 aliphatic carbocycles. The van der Waals surface area contributed by atoms with Gasteiger partial charge in [-0.3, -0.25) is 0 Å². The van der Waals surface area contributed by atoms with E-state index < -0.39 is 0 Å². The van der Waals surface area contributed by atoms with Crippen LogP contribution in [-0.4, -0.2) is 23.2 Å². The minimum Gasteiger partial charge on any atom is -0.474 e. The molecular weight excluding hydrogens is 252 g/mol. The maximum Gasteiger partial charge on any atom is 0.213 e. The van der Waals surface area contributed by atoms with Gasteiger partial charge < -0.3 is 9.47 Å². The third kappa shape index (κ3) is 3.95. The first kappa shape index (κ1) is 13.8. The topological polar surface area (TPSA) is 44.2 Å². The Labute approximate surface area is 118 Å². The number of hydrogen-bond donors (Lipinski definition) is 0. The van der Waals surface area contributed by atoms with Crippen LogP contribution in [0.2, 0.25) is 0 Å². The van der Waals surface area contributed by atoms with Crippen LogP contribution in [0.3, 0.4) is 0 Å². The Balaban J connectivity index is 1.74. The summed E-state index contributed by atoms with van der Waals surface area (Å²) in [6.45, 7) is 8.15. The highest BCUT2D eigenvalue weighted by atomic mass is 16.5. The van der Waals surface area contributed by atoms with E-state index in [0.717, 1.165) is 11.1 Å². The second-order valence-electron chi connectivity index (χ2n) is 3.96. The molecule has 2 heterocycles. The highest BCUT2D eigenvalue weighted by Gasteiger charge is 1.98. The maximum absolute atomic E-state index is 5.46. The van der Waals surface area contributed by atoms with E-state index in [1.165, 1.54) is 0 Å². The number of rotatable bonds is 7. The molecule has 2 rings (SSSR count). The summed E-state index contributed by atoms with van der Waals surface area (Å²) in [7, 11) is 0. The van der Waals surface area contributed by atoms with Gasteiger partial charge in [-0.25, -0.2) is 9.97 Å². The van der Waals surface area contributed by atoms with Crippen molar-refractivity contribution in [2.45, 2.75) is 0 Å². The van der Waals surface area contributed by atoms with E-state index in [1.54, 1.807) is 36.7 Å². The summed E-state index contributed by atoms with van der Waals surface area (Å²) < 4.78 is 10.9. The predicted octanol–water partition coefficient (Wildman–Crippen LogP) is 3.22. The molecule has 0 unspecified atom stereocenters. The fraction of sp³-hybridized carbons (Fsp3) is 0.125. The van der Waals surface area contributed by atoms with Crippen molar-refractivity contribution >= 4 is 12.2 Å². The molecule has 4 nitrogen and oxygen atoms in total. The largest absolute Gasteiger partial charge is 0.474 e. The molecule has 2 aromatic heterocycles. The molecule has 0 atom stereocenters. The average Bonchev–Trinajstić information content (AvgIpc) is 2.53. The van der Waals surface area contributed by atoms with Crippen LogP contribution in [-0.2, 0) is 0 Å². The Morgan fingerprint density at radius 2 is 1.25 bits per heavy atom. The van der Waals surface area contributed by atoms with E-state index in [2.05, 4.69) is 23.1 Å². The molecule has 0 radical (unpaired) electrons. The molecule has 0 saturated heterocycles. The van der Waals surface area contributed by atoms with Crippen molar-refractivity contribution in [3.63, 3.8) is 0 Å². The van der Waals surface area contributed by atoms with Crippen LogP contribution in [0, 0.1) is 0 Å². The lowest BCUT2D eigenvalue weighted by molar-refractivity contribution is 0.207. The van der Waals surface area contributed by atoms with Gasteiger partial charge in [-0.2, -0.15) is 0 Å². The molecule has 102 valence electrons. The van der Waals surface area contributed by atoms with Gasteiger partial charge in [0.1, 0.15) is 13.2 Å². The quantitative estimate of drug-likeness (QED) is 0.723. The Hall–Kier alpha value is -2.62. The van der Waals surface area contributed by atoms with E-state index in [9.17, 15) is 0 Å². The second kappa shape index (κ2) is 7.09. The Morgan fingerprint density at radius 1 is 0.800 bits per heavy atom. The van der Waals surface area contributed by atoms with Gasteiger partial charge in [0.25, 0.3) is 0 Å². The number of pyridine rings is 2. The van der Waals surface area contributed by atoms with Crippen LogP contribution >= 0.6 is 0 Å². The number of aromatic nitrogens is 2. The van der Waals surface area contributed by atoms with Crippen molar-refractivity contribution in [3.8, 4) is 11.8 Å². The summed E-state index contributed by atoms with van der Waals surface area (Å²) in [5.74, 6) is 1.13. The minimum atomic E-state index is 0.408. The van der Waals surface area contributed by atoms with E-state index in [-0.39, 0.29) is 0 Å². The molecule has 2 aromatic rings. The molecule has 0 aromatic carbocycles. The molecule has 0 aliphatic heterocycles. The smallest absolute Gasteiger partial charge is 0.213 e. The van der Waals surface area contributed by atoms with Gasteiger partial charge in [0.15, 0.2) is 0 Å². The van der Waals surface area contributed by atoms with E-state index in [1.807, 2.05) is 12.1 Å². The summed E-state index contributed by atoms with van der Waals surface area (Å²) in [6, 6.07) is 7.39. The van der Waals surface area contributed by atoms with Gasteiger partial charge in [-0.15, -0.1) is 0 Å². The first-order chi connectivity index (χ1) is 9.81. The van der Waals surface area contributed by atoms with Crippen molar-refractivity contribution in [2.75, 3.05) is 13.2 Å². The highest BCUT2D eigenvalue weighted by molar-refractivity contribution is 5.46. The van der Waals surface area contributed by atoms with Crippen LogP contribution in [0.4, 0.5) is 0 Å². The number of nitrogens with zero attached hydrogens (tertiary/aromatic N) is 2. The van der Waals surface area contributed by atoms with Gasteiger partial charge in [0, 0.05) is 24.5 Å². The first-order valence-corrected chi connectivity index (χ1v) is 6.24. The summed E-state index contributed by atoms with van der Waals surface area (Å²) >= 11 is 0. The lowest BCUT2D eigenvalue weighted by Crippen LogP contribution is -2.10. The van der Waals surface area contributed by atoms with Crippen molar-refractivity contribution in [3.05, 3.63) is 60.9 Å². The van der Waals surface area contributed by atoms with E-state index >= 15 is 0 Å². The van der Waals surface area contributed by atoms with Crippen molar-refractivity contribution < 1.29 is 9.47 Å². The highest BCUT2D eigenvalue weighted by Crippen LogP contribution is 2.10. The van der Waals surface area contributed by atoms with Crippen molar-refractivity contribution in [1.29, 1.82) is 0 Å². The van der Waals surface area contributed by atoms with Crippen LogP contribution in [0.1, 0.15) is 11.1 Å². The lowest BCUT2D eigenvalue weighted by Gasteiger charge is -2.07. The van der Waals surface area contributed by atoms with Gasteiger partial charge >= 0.3 is 0 Å². The molecule has 0 aliphatic rings. The van der Waals surface area contributed by atoms with Crippen LogP contribution < -0.4 is 9.47 Å². The van der Waals surface area contributed by atoms with Crippen molar-refractivity contribution in [1.82, 2.24) is 9.97 Å². The lowest BCUT2D eigenvalue weighted by atomic mass is 10.3. The SMILES string of the molecule is C=Cc1ccc(OCCOc2ccc(C=C)cn2)nc1.